The van der Waals surface area contributed by atoms with Crippen LogP contribution in [0.3, 0.4) is 0 Å². The van der Waals surface area contributed by atoms with Crippen molar-refractivity contribution in [2.45, 2.75) is 38.3 Å². The van der Waals surface area contributed by atoms with E-state index >= 15 is 0 Å². The van der Waals surface area contributed by atoms with Crippen molar-refractivity contribution in [3.63, 3.8) is 0 Å². The summed E-state index contributed by atoms with van der Waals surface area (Å²) in [5.41, 5.74) is -0.960. The molecule has 0 aromatic carbocycles. The van der Waals surface area contributed by atoms with E-state index in [2.05, 4.69) is 5.32 Å². The van der Waals surface area contributed by atoms with Gasteiger partial charge in [0.15, 0.2) is 0 Å². The molecule has 0 aromatic heterocycles. The highest BCUT2D eigenvalue weighted by Crippen LogP contribution is 2.20. The molecule has 2 fully saturated rings. The van der Waals surface area contributed by atoms with Gasteiger partial charge in [0.2, 0.25) is 5.91 Å². The molecule has 0 aliphatic carbocycles. The molecule has 2 aliphatic rings. The minimum Gasteiger partial charge on any atom is -0.394 e. The number of imide groups is 1. The van der Waals surface area contributed by atoms with Crippen LogP contribution in [0.4, 0.5) is 4.79 Å². The first kappa shape index (κ1) is 13.8. The molecule has 0 saturated carbocycles. The van der Waals surface area contributed by atoms with Crippen molar-refractivity contribution in [2.75, 3.05) is 19.7 Å². The molecule has 106 valence electrons. The first-order valence-corrected chi connectivity index (χ1v) is 6.41. The van der Waals surface area contributed by atoms with E-state index in [-0.39, 0.29) is 25.1 Å². The van der Waals surface area contributed by atoms with Gasteiger partial charge in [0, 0.05) is 6.54 Å². The van der Waals surface area contributed by atoms with Crippen LogP contribution in [0.15, 0.2) is 0 Å². The summed E-state index contributed by atoms with van der Waals surface area (Å²) >= 11 is 0. The number of nitrogens with zero attached hydrogens (tertiary/aromatic N) is 2. The normalized spacial score (nSPS) is 25.9. The quantitative estimate of drug-likeness (QED) is 0.663. The molecule has 0 spiro atoms. The zero-order valence-corrected chi connectivity index (χ0v) is 11.2. The second-order valence-corrected chi connectivity index (χ2v) is 5.51. The summed E-state index contributed by atoms with van der Waals surface area (Å²) in [6.07, 6.45) is 1.59. The standard InChI is InChI=1S/C12H19N3O4/c1-12(2)10(18)15(11(19)13-12)6-9(17)14-5-3-4-8(14)7-16/h8,16H,3-7H2,1-2H3,(H,13,19)/t8-/m0/s1. The highest BCUT2D eigenvalue weighted by molar-refractivity contribution is 6.08. The number of nitrogens with one attached hydrogen (secondary N) is 1. The van der Waals surface area contributed by atoms with Crippen LogP contribution < -0.4 is 5.32 Å². The molecule has 0 radical (unpaired) electrons. The number of aliphatic hydroxyl groups excluding tert-OH is 1. The molecule has 19 heavy (non-hydrogen) atoms. The fourth-order valence-electron chi connectivity index (χ4n) is 2.54. The van der Waals surface area contributed by atoms with Crippen LogP contribution in [0, 0.1) is 0 Å². The molecule has 2 aliphatic heterocycles. The second kappa shape index (κ2) is 4.80. The Morgan fingerprint density at radius 3 is 2.68 bits per heavy atom. The number of hydrogen-bond acceptors (Lipinski definition) is 4. The predicted molar refractivity (Wildman–Crippen MR) is 66.1 cm³/mol. The minimum atomic E-state index is -0.960. The van der Waals surface area contributed by atoms with Crippen molar-refractivity contribution in [3.8, 4) is 0 Å². The lowest BCUT2D eigenvalue weighted by Crippen LogP contribution is -2.46. The number of rotatable bonds is 3. The number of hydrogen-bond donors (Lipinski definition) is 2. The highest BCUT2D eigenvalue weighted by Gasteiger charge is 2.45. The van der Waals surface area contributed by atoms with Crippen molar-refractivity contribution in [1.82, 2.24) is 15.1 Å². The second-order valence-electron chi connectivity index (χ2n) is 5.51. The van der Waals surface area contributed by atoms with Crippen LogP contribution in [0.5, 0.6) is 0 Å². The van der Waals surface area contributed by atoms with Crippen molar-refractivity contribution in [3.05, 3.63) is 0 Å². The van der Waals surface area contributed by atoms with E-state index < -0.39 is 17.5 Å². The molecule has 0 bridgehead atoms. The van der Waals surface area contributed by atoms with E-state index in [9.17, 15) is 19.5 Å². The summed E-state index contributed by atoms with van der Waals surface area (Å²) < 4.78 is 0. The SMILES string of the molecule is CC1(C)NC(=O)N(CC(=O)N2CCC[C@H]2CO)C1=O. The van der Waals surface area contributed by atoms with E-state index in [1.54, 1.807) is 18.7 Å². The summed E-state index contributed by atoms with van der Waals surface area (Å²) in [5.74, 6) is -0.691. The lowest BCUT2D eigenvalue weighted by molar-refractivity contribution is -0.139. The zero-order chi connectivity index (χ0) is 14.2. The maximum absolute atomic E-state index is 12.1. The van der Waals surface area contributed by atoms with Crippen LogP contribution in [0.2, 0.25) is 0 Å². The van der Waals surface area contributed by atoms with Crippen LogP contribution in [-0.2, 0) is 9.59 Å². The molecule has 4 amide bonds. The van der Waals surface area contributed by atoms with Crippen LogP contribution in [-0.4, -0.2) is 64.0 Å². The highest BCUT2D eigenvalue weighted by atomic mass is 16.3. The fraction of sp³-hybridized carbons (Fsp3) is 0.750. The number of amides is 4. The van der Waals surface area contributed by atoms with Gasteiger partial charge in [-0.25, -0.2) is 4.79 Å². The maximum atomic E-state index is 12.1. The molecule has 0 aromatic rings. The van der Waals surface area contributed by atoms with Crippen LogP contribution >= 0.6 is 0 Å². The molecule has 2 rings (SSSR count). The van der Waals surface area contributed by atoms with Gasteiger partial charge in [0.05, 0.1) is 12.6 Å². The van der Waals surface area contributed by atoms with Gasteiger partial charge in [-0.2, -0.15) is 0 Å². The lowest BCUT2D eigenvalue weighted by atomic mass is 10.1. The lowest BCUT2D eigenvalue weighted by Gasteiger charge is -2.25. The molecule has 2 saturated heterocycles. The number of carbonyl (C=O) groups is 3. The van der Waals surface area contributed by atoms with E-state index in [1.807, 2.05) is 0 Å². The van der Waals surface area contributed by atoms with Gasteiger partial charge in [-0.05, 0) is 26.7 Å². The molecule has 2 N–H and O–H groups in total. The van der Waals surface area contributed by atoms with E-state index in [4.69, 9.17) is 0 Å². The third-order valence-corrected chi connectivity index (χ3v) is 3.65. The molecule has 7 nitrogen and oxygen atoms in total. The summed E-state index contributed by atoms with van der Waals surface area (Å²) in [6, 6.07) is -0.732. The molecule has 7 heteroatoms. The molecular weight excluding hydrogens is 250 g/mol. The van der Waals surface area contributed by atoms with E-state index in [1.165, 1.54) is 0 Å². The molecule has 1 atom stereocenters. The van der Waals surface area contributed by atoms with Crippen molar-refractivity contribution >= 4 is 17.8 Å². The van der Waals surface area contributed by atoms with Gasteiger partial charge >= 0.3 is 6.03 Å². The Labute approximate surface area is 111 Å². The largest absolute Gasteiger partial charge is 0.394 e. The van der Waals surface area contributed by atoms with E-state index in [0.717, 1.165) is 17.7 Å². The molecule has 2 heterocycles. The van der Waals surface area contributed by atoms with E-state index in [0.29, 0.717) is 6.54 Å². The first-order valence-electron chi connectivity index (χ1n) is 6.41. The summed E-state index contributed by atoms with van der Waals surface area (Å²) in [4.78, 5) is 38.2. The third-order valence-electron chi connectivity index (χ3n) is 3.65. The average molecular weight is 269 g/mol. The monoisotopic (exact) mass is 269 g/mol. The summed E-state index contributed by atoms with van der Waals surface area (Å²) in [7, 11) is 0. The smallest absolute Gasteiger partial charge is 0.325 e. The topological polar surface area (TPSA) is 90.0 Å². The first-order chi connectivity index (χ1) is 8.86. The van der Waals surface area contributed by atoms with Gasteiger partial charge in [-0.3, -0.25) is 14.5 Å². The maximum Gasteiger partial charge on any atom is 0.325 e. The molecule has 0 unspecified atom stereocenters. The Morgan fingerprint density at radius 2 is 2.16 bits per heavy atom. The van der Waals surface area contributed by atoms with Gasteiger partial charge < -0.3 is 15.3 Å². The number of likely N-dealkylation sites (tertiary alicyclic amines) is 1. The summed E-state index contributed by atoms with van der Waals surface area (Å²) in [6.45, 7) is 3.42. The molecular formula is C12H19N3O4. The Balaban J connectivity index is 2.03. The number of urea groups is 1. The third kappa shape index (κ3) is 2.42. The van der Waals surface area contributed by atoms with Gasteiger partial charge in [0.25, 0.3) is 5.91 Å². The Kier molecular flexibility index (Phi) is 3.49. The number of aliphatic hydroxyl groups is 1. The van der Waals surface area contributed by atoms with Gasteiger partial charge in [0.1, 0.15) is 12.1 Å². The van der Waals surface area contributed by atoms with Crippen molar-refractivity contribution < 1.29 is 19.5 Å². The Morgan fingerprint density at radius 1 is 1.47 bits per heavy atom. The Bertz CT molecular complexity index is 421. The van der Waals surface area contributed by atoms with Crippen LogP contribution in [0.1, 0.15) is 26.7 Å². The zero-order valence-electron chi connectivity index (χ0n) is 11.2. The minimum absolute atomic E-state index is 0.0859. The average Bonchev–Trinajstić information content (AvgIpc) is 2.88. The van der Waals surface area contributed by atoms with Gasteiger partial charge in [-0.15, -0.1) is 0 Å². The summed E-state index contributed by atoms with van der Waals surface area (Å²) in [5, 5.41) is 11.7. The Hall–Kier alpha value is -1.63. The van der Waals surface area contributed by atoms with Crippen molar-refractivity contribution in [1.29, 1.82) is 0 Å². The number of carbonyl (C=O) groups excluding carboxylic acids is 3. The van der Waals surface area contributed by atoms with Crippen molar-refractivity contribution in [2.24, 2.45) is 0 Å². The predicted octanol–water partition coefficient (Wildman–Crippen LogP) is -0.700. The van der Waals surface area contributed by atoms with Crippen LogP contribution in [0.25, 0.3) is 0 Å². The fourth-order valence-corrected chi connectivity index (χ4v) is 2.54. The van der Waals surface area contributed by atoms with Gasteiger partial charge in [-0.1, -0.05) is 0 Å².